The van der Waals surface area contributed by atoms with Crippen LogP contribution in [0.4, 0.5) is 0 Å². The molecule has 2 fully saturated rings. The van der Waals surface area contributed by atoms with Crippen LogP contribution in [-0.4, -0.2) is 90.7 Å². The fourth-order valence-corrected chi connectivity index (χ4v) is 6.19. The Hall–Kier alpha value is -1.73. The van der Waals surface area contributed by atoms with Crippen molar-refractivity contribution in [2.45, 2.75) is 17.7 Å². The molecule has 10 nitrogen and oxygen atoms in total. The zero-order chi connectivity index (χ0) is 22.6. The summed E-state index contributed by atoms with van der Waals surface area (Å²) in [5.41, 5.74) is 0.223. The summed E-state index contributed by atoms with van der Waals surface area (Å²) in [4.78, 5) is 12.6. The summed E-state index contributed by atoms with van der Waals surface area (Å²) in [6.45, 7) is 2.39. The molecular weight excluding hydrogens is 446 g/mol. The summed E-state index contributed by atoms with van der Waals surface area (Å²) >= 11 is 0. The summed E-state index contributed by atoms with van der Waals surface area (Å²) in [7, 11) is -5.64. The highest BCUT2D eigenvalue weighted by Crippen LogP contribution is 2.28. The lowest BCUT2D eigenvalue weighted by Gasteiger charge is -2.30. The molecule has 0 spiro atoms. The van der Waals surface area contributed by atoms with Crippen molar-refractivity contribution in [1.82, 2.24) is 13.9 Å². The Kier molecular flexibility index (Phi) is 7.58. The highest BCUT2D eigenvalue weighted by Gasteiger charge is 2.30. The number of carbonyl (C=O) groups excluding carboxylic acids is 1. The number of hydrogen-bond acceptors (Lipinski definition) is 7. The van der Waals surface area contributed by atoms with Gasteiger partial charge in [0, 0.05) is 38.3 Å². The van der Waals surface area contributed by atoms with Crippen molar-refractivity contribution in [3.63, 3.8) is 0 Å². The van der Waals surface area contributed by atoms with Crippen molar-refractivity contribution in [3.05, 3.63) is 23.8 Å². The van der Waals surface area contributed by atoms with Crippen molar-refractivity contribution >= 4 is 26.0 Å². The van der Waals surface area contributed by atoms with Gasteiger partial charge in [-0.1, -0.05) is 0 Å². The topological polar surface area (TPSA) is 122 Å². The van der Waals surface area contributed by atoms with E-state index < -0.39 is 20.0 Å². The molecule has 0 unspecified atom stereocenters. The van der Waals surface area contributed by atoms with E-state index >= 15 is 0 Å². The number of nitrogens with zero attached hydrogens (tertiary/aromatic N) is 2. The Labute approximate surface area is 183 Å². The van der Waals surface area contributed by atoms with Crippen LogP contribution in [0.2, 0.25) is 0 Å². The Morgan fingerprint density at radius 3 is 2.32 bits per heavy atom. The van der Waals surface area contributed by atoms with Crippen molar-refractivity contribution in [2.75, 3.05) is 59.3 Å². The van der Waals surface area contributed by atoms with Crippen LogP contribution in [-0.2, 0) is 24.8 Å². The zero-order valence-electron chi connectivity index (χ0n) is 17.7. The van der Waals surface area contributed by atoms with Gasteiger partial charge in [0.1, 0.15) is 10.6 Å². The second kappa shape index (κ2) is 9.82. The molecule has 2 heterocycles. The third-order valence-electron chi connectivity index (χ3n) is 5.61. The molecule has 1 aromatic carbocycles. The van der Waals surface area contributed by atoms with E-state index in [1.807, 2.05) is 0 Å². The molecule has 0 bridgehead atoms. The summed E-state index contributed by atoms with van der Waals surface area (Å²) < 4.78 is 62.6. The number of rotatable bonds is 7. The average Bonchev–Trinajstić information content (AvgIpc) is 2.77. The molecule has 1 N–H and O–H groups in total. The van der Waals surface area contributed by atoms with Crippen LogP contribution in [0, 0.1) is 5.92 Å². The SMILES string of the molecule is COc1ccc(C(=O)NCC2CCN(S(C)(=O)=O)CC2)cc1S(=O)(=O)N1CCOCC1. The Bertz CT molecular complexity index is 997. The molecule has 12 heteroatoms. The van der Waals surface area contributed by atoms with Gasteiger partial charge in [0.05, 0.1) is 26.6 Å². The van der Waals surface area contributed by atoms with E-state index in [0.717, 1.165) is 0 Å². The smallest absolute Gasteiger partial charge is 0.251 e. The number of amides is 1. The van der Waals surface area contributed by atoms with E-state index in [9.17, 15) is 21.6 Å². The standard InChI is InChI=1S/C19H29N3O7S2/c1-28-17-4-3-16(13-18(17)31(26,27)22-9-11-29-12-10-22)19(23)20-14-15-5-7-21(8-6-15)30(2,24)25/h3-4,13,15H,5-12,14H2,1-2H3,(H,20,23). The Morgan fingerprint density at radius 2 is 1.74 bits per heavy atom. The molecule has 0 aromatic heterocycles. The van der Waals surface area contributed by atoms with Gasteiger partial charge in [0.2, 0.25) is 20.0 Å². The van der Waals surface area contributed by atoms with Crippen LogP contribution in [0.1, 0.15) is 23.2 Å². The van der Waals surface area contributed by atoms with Crippen LogP contribution in [0.25, 0.3) is 0 Å². The van der Waals surface area contributed by atoms with E-state index in [4.69, 9.17) is 9.47 Å². The van der Waals surface area contributed by atoms with Gasteiger partial charge in [-0.3, -0.25) is 4.79 Å². The molecule has 2 aliphatic rings. The number of carbonyl (C=O) groups is 1. The third kappa shape index (κ3) is 5.75. The molecule has 3 rings (SSSR count). The molecule has 0 radical (unpaired) electrons. The lowest BCUT2D eigenvalue weighted by Crippen LogP contribution is -2.41. The van der Waals surface area contributed by atoms with E-state index in [0.29, 0.717) is 45.7 Å². The fraction of sp³-hybridized carbons (Fsp3) is 0.632. The molecule has 31 heavy (non-hydrogen) atoms. The van der Waals surface area contributed by atoms with Crippen LogP contribution in [0.15, 0.2) is 23.1 Å². The van der Waals surface area contributed by atoms with Gasteiger partial charge in [0.25, 0.3) is 5.91 Å². The summed E-state index contributed by atoms with van der Waals surface area (Å²) in [6, 6.07) is 4.34. The van der Waals surface area contributed by atoms with Crippen LogP contribution < -0.4 is 10.1 Å². The number of nitrogens with one attached hydrogen (secondary N) is 1. The summed E-state index contributed by atoms with van der Waals surface area (Å²) in [5.74, 6) is -0.0421. The first-order chi connectivity index (χ1) is 14.6. The van der Waals surface area contributed by atoms with Crippen molar-refractivity contribution < 1.29 is 31.1 Å². The minimum Gasteiger partial charge on any atom is -0.495 e. The van der Waals surface area contributed by atoms with Gasteiger partial charge in [-0.15, -0.1) is 0 Å². The maximum atomic E-state index is 13.1. The number of piperidine rings is 1. The van der Waals surface area contributed by atoms with Crippen molar-refractivity contribution in [3.8, 4) is 5.75 Å². The van der Waals surface area contributed by atoms with Gasteiger partial charge < -0.3 is 14.8 Å². The monoisotopic (exact) mass is 475 g/mol. The molecule has 174 valence electrons. The quantitative estimate of drug-likeness (QED) is 0.594. The van der Waals surface area contributed by atoms with E-state index in [2.05, 4.69) is 5.32 Å². The zero-order valence-corrected chi connectivity index (χ0v) is 19.4. The van der Waals surface area contributed by atoms with Crippen molar-refractivity contribution in [2.24, 2.45) is 5.92 Å². The number of methoxy groups -OCH3 is 1. The maximum absolute atomic E-state index is 13.1. The largest absolute Gasteiger partial charge is 0.495 e. The number of sulfonamides is 2. The summed E-state index contributed by atoms with van der Waals surface area (Å²) in [5, 5.41) is 2.84. The number of hydrogen-bond donors (Lipinski definition) is 1. The summed E-state index contributed by atoms with van der Waals surface area (Å²) in [6.07, 6.45) is 2.51. The normalized spacial score (nSPS) is 19.8. The van der Waals surface area contributed by atoms with Gasteiger partial charge >= 0.3 is 0 Å². The lowest BCUT2D eigenvalue weighted by molar-refractivity contribution is 0.0729. The Morgan fingerprint density at radius 1 is 1.10 bits per heavy atom. The van der Waals surface area contributed by atoms with Crippen LogP contribution >= 0.6 is 0 Å². The molecule has 0 saturated carbocycles. The van der Waals surface area contributed by atoms with Crippen LogP contribution in [0.5, 0.6) is 5.75 Å². The lowest BCUT2D eigenvalue weighted by atomic mass is 9.98. The predicted molar refractivity (Wildman–Crippen MR) is 114 cm³/mol. The first-order valence-electron chi connectivity index (χ1n) is 10.1. The van der Waals surface area contributed by atoms with Gasteiger partial charge in [0.15, 0.2) is 0 Å². The molecule has 2 aliphatic heterocycles. The first-order valence-corrected chi connectivity index (χ1v) is 13.4. The van der Waals surface area contributed by atoms with Crippen LogP contribution in [0.3, 0.4) is 0 Å². The highest BCUT2D eigenvalue weighted by molar-refractivity contribution is 7.89. The predicted octanol–water partition coefficient (Wildman–Crippen LogP) is 0.118. The first kappa shape index (κ1) is 23.9. The minimum atomic E-state index is -3.83. The molecule has 2 saturated heterocycles. The van der Waals surface area contributed by atoms with E-state index in [1.54, 1.807) is 0 Å². The molecule has 1 amide bonds. The third-order valence-corrected chi connectivity index (χ3v) is 8.83. The number of benzene rings is 1. The van der Waals surface area contributed by atoms with Gasteiger partial charge in [-0.05, 0) is 37.0 Å². The number of morpholine rings is 1. The molecule has 0 atom stereocenters. The molecule has 0 aliphatic carbocycles. The minimum absolute atomic E-state index is 0.0500. The second-order valence-electron chi connectivity index (χ2n) is 7.70. The molecule has 1 aromatic rings. The fourth-order valence-electron chi connectivity index (χ4n) is 3.73. The maximum Gasteiger partial charge on any atom is 0.251 e. The van der Waals surface area contributed by atoms with Gasteiger partial charge in [-0.25, -0.2) is 21.1 Å². The highest BCUT2D eigenvalue weighted by atomic mass is 32.2. The molecular formula is C19H29N3O7S2. The Balaban J connectivity index is 1.67. The van der Waals surface area contributed by atoms with Gasteiger partial charge in [-0.2, -0.15) is 4.31 Å². The average molecular weight is 476 g/mol. The van der Waals surface area contributed by atoms with E-state index in [-0.39, 0.29) is 41.1 Å². The van der Waals surface area contributed by atoms with Crippen molar-refractivity contribution in [1.29, 1.82) is 0 Å². The van der Waals surface area contributed by atoms with E-state index in [1.165, 1.54) is 40.2 Å². The number of ether oxygens (including phenoxy) is 2. The second-order valence-corrected chi connectivity index (χ2v) is 11.6.